The summed E-state index contributed by atoms with van der Waals surface area (Å²) in [5.74, 6) is 0.156. The minimum Gasteiger partial charge on any atom is -0.375 e. The maximum absolute atomic E-state index is 12.9. The van der Waals surface area contributed by atoms with Crippen molar-refractivity contribution < 1.29 is 14.3 Å². The second-order valence-electron chi connectivity index (χ2n) is 6.36. The molecule has 0 saturated carbocycles. The molecule has 1 heterocycles. The van der Waals surface area contributed by atoms with E-state index in [0.29, 0.717) is 39.3 Å². The Balaban J connectivity index is 1.89. The van der Waals surface area contributed by atoms with Gasteiger partial charge in [0, 0.05) is 46.4 Å². The van der Waals surface area contributed by atoms with Gasteiger partial charge in [0.2, 0.25) is 11.8 Å². The highest BCUT2D eigenvalue weighted by Crippen LogP contribution is 2.12. The fourth-order valence-corrected chi connectivity index (χ4v) is 3.14. The van der Waals surface area contributed by atoms with Crippen molar-refractivity contribution in [1.82, 2.24) is 14.7 Å². The molecule has 0 N–H and O–H groups in total. The zero-order valence-electron chi connectivity index (χ0n) is 15.5. The van der Waals surface area contributed by atoms with Crippen LogP contribution in [-0.4, -0.2) is 79.0 Å². The van der Waals surface area contributed by atoms with E-state index < -0.39 is 0 Å². The number of ether oxygens (including phenoxy) is 1. The van der Waals surface area contributed by atoms with Crippen LogP contribution in [0.4, 0.5) is 0 Å². The van der Waals surface area contributed by atoms with E-state index in [-0.39, 0.29) is 24.5 Å². The van der Waals surface area contributed by atoms with Crippen molar-refractivity contribution in [2.75, 3.05) is 46.4 Å². The first-order chi connectivity index (χ1) is 12.1. The van der Waals surface area contributed by atoms with E-state index in [2.05, 4.69) is 4.90 Å². The number of carbonyl (C=O) groups excluding carboxylic acids is 2. The number of benzene rings is 1. The van der Waals surface area contributed by atoms with E-state index in [9.17, 15) is 9.59 Å². The monoisotopic (exact) mass is 347 g/mol. The van der Waals surface area contributed by atoms with Gasteiger partial charge in [0.15, 0.2) is 0 Å². The molecule has 1 aromatic carbocycles. The van der Waals surface area contributed by atoms with Crippen LogP contribution < -0.4 is 0 Å². The third kappa shape index (κ3) is 5.28. The van der Waals surface area contributed by atoms with E-state index in [1.165, 1.54) is 7.11 Å². The summed E-state index contributed by atoms with van der Waals surface area (Å²) in [6.07, 6.45) is 0. The minimum absolute atomic E-state index is 0.0143. The van der Waals surface area contributed by atoms with Crippen LogP contribution in [-0.2, 0) is 20.9 Å². The number of methoxy groups -OCH3 is 1. The first-order valence-corrected chi connectivity index (χ1v) is 8.90. The number of amides is 2. The maximum Gasteiger partial charge on any atom is 0.248 e. The van der Waals surface area contributed by atoms with Gasteiger partial charge in [0.05, 0.1) is 6.04 Å². The molecule has 1 fully saturated rings. The molecule has 0 spiro atoms. The van der Waals surface area contributed by atoms with E-state index in [4.69, 9.17) is 4.74 Å². The molecule has 2 rings (SSSR count). The summed E-state index contributed by atoms with van der Waals surface area (Å²) in [5.41, 5.74) is 1.14. The molecule has 6 nitrogen and oxygen atoms in total. The lowest BCUT2D eigenvalue weighted by molar-refractivity contribution is -0.140. The van der Waals surface area contributed by atoms with Gasteiger partial charge in [-0.1, -0.05) is 30.3 Å². The van der Waals surface area contributed by atoms with Crippen LogP contribution in [0.3, 0.4) is 0 Å². The summed E-state index contributed by atoms with van der Waals surface area (Å²) in [4.78, 5) is 30.6. The molecule has 1 aromatic rings. The first-order valence-electron chi connectivity index (χ1n) is 8.90. The van der Waals surface area contributed by atoms with Crippen molar-refractivity contribution in [3.63, 3.8) is 0 Å². The average molecular weight is 347 g/mol. The first kappa shape index (κ1) is 19.4. The van der Waals surface area contributed by atoms with Crippen LogP contribution in [0.2, 0.25) is 0 Å². The molecule has 138 valence electrons. The molecular formula is C19H29N3O3. The van der Waals surface area contributed by atoms with E-state index in [1.54, 1.807) is 4.90 Å². The van der Waals surface area contributed by atoms with Crippen molar-refractivity contribution in [2.45, 2.75) is 26.4 Å². The van der Waals surface area contributed by atoms with Crippen LogP contribution in [0, 0.1) is 0 Å². The molecule has 0 radical (unpaired) electrons. The Labute approximate surface area is 150 Å². The van der Waals surface area contributed by atoms with Crippen molar-refractivity contribution >= 4 is 11.8 Å². The van der Waals surface area contributed by atoms with Crippen molar-refractivity contribution in [3.05, 3.63) is 35.9 Å². The summed E-state index contributed by atoms with van der Waals surface area (Å²) in [6.45, 7) is 8.12. The number of likely N-dealkylation sites (N-methyl/N-ethyl adjacent to an activating group) is 1. The van der Waals surface area contributed by atoms with Crippen LogP contribution in [0.25, 0.3) is 0 Å². The normalized spacial score (nSPS) is 16.5. The van der Waals surface area contributed by atoms with Gasteiger partial charge >= 0.3 is 0 Å². The predicted molar refractivity (Wildman–Crippen MR) is 97.0 cm³/mol. The Morgan fingerprint density at radius 3 is 2.36 bits per heavy atom. The Morgan fingerprint density at radius 2 is 1.80 bits per heavy atom. The zero-order chi connectivity index (χ0) is 18.2. The number of rotatable bonds is 7. The smallest absolute Gasteiger partial charge is 0.248 e. The summed E-state index contributed by atoms with van der Waals surface area (Å²) < 4.78 is 4.91. The van der Waals surface area contributed by atoms with Crippen LogP contribution in [0.1, 0.15) is 19.4 Å². The number of hydrogen-bond donors (Lipinski definition) is 0. The van der Waals surface area contributed by atoms with E-state index >= 15 is 0 Å². The highest BCUT2D eigenvalue weighted by molar-refractivity contribution is 5.81. The summed E-state index contributed by atoms with van der Waals surface area (Å²) >= 11 is 0. The Kier molecular flexibility index (Phi) is 7.40. The molecule has 1 aliphatic rings. The molecule has 1 unspecified atom stereocenters. The van der Waals surface area contributed by atoms with Gasteiger partial charge in [0.1, 0.15) is 6.61 Å². The zero-order valence-corrected chi connectivity index (χ0v) is 15.5. The average Bonchev–Trinajstić information content (AvgIpc) is 2.66. The predicted octanol–water partition coefficient (Wildman–Crippen LogP) is 1.21. The topological polar surface area (TPSA) is 53.1 Å². The number of nitrogens with zero attached hydrogens (tertiary/aromatic N) is 3. The molecule has 1 saturated heterocycles. The second-order valence-corrected chi connectivity index (χ2v) is 6.36. The van der Waals surface area contributed by atoms with Crippen molar-refractivity contribution in [2.24, 2.45) is 0 Å². The lowest BCUT2D eigenvalue weighted by Gasteiger charge is -2.38. The Morgan fingerprint density at radius 1 is 1.16 bits per heavy atom. The SMILES string of the molecule is CCN(Cc1ccccc1)C(=O)C(C)N1CCN(C(=O)COC)CC1. The highest BCUT2D eigenvalue weighted by Gasteiger charge is 2.29. The van der Waals surface area contributed by atoms with Crippen LogP contribution in [0.5, 0.6) is 0 Å². The van der Waals surface area contributed by atoms with Crippen LogP contribution >= 0.6 is 0 Å². The fraction of sp³-hybridized carbons (Fsp3) is 0.579. The quantitative estimate of drug-likeness (QED) is 0.744. The van der Waals surface area contributed by atoms with E-state index in [1.807, 2.05) is 49.1 Å². The molecule has 6 heteroatoms. The van der Waals surface area contributed by atoms with Crippen LogP contribution in [0.15, 0.2) is 30.3 Å². The molecule has 25 heavy (non-hydrogen) atoms. The second kappa shape index (κ2) is 9.53. The molecular weight excluding hydrogens is 318 g/mol. The highest BCUT2D eigenvalue weighted by atomic mass is 16.5. The van der Waals surface area contributed by atoms with Crippen molar-refractivity contribution in [3.8, 4) is 0 Å². The molecule has 1 atom stereocenters. The maximum atomic E-state index is 12.9. The molecule has 0 bridgehead atoms. The third-order valence-corrected chi connectivity index (χ3v) is 4.75. The molecule has 1 aliphatic heterocycles. The molecule has 0 aliphatic carbocycles. The Bertz CT molecular complexity index is 556. The number of carbonyl (C=O) groups is 2. The number of piperazine rings is 1. The van der Waals surface area contributed by atoms with Gasteiger partial charge in [-0.05, 0) is 19.4 Å². The summed E-state index contributed by atoms with van der Waals surface area (Å²) in [6, 6.07) is 9.87. The Hall–Kier alpha value is -1.92. The third-order valence-electron chi connectivity index (χ3n) is 4.75. The molecule has 0 aromatic heterocycles. The van der Waals surface area contributed by atoms with Gasteiger partial charge in [-0.25, -0.2) is 0 Å². The van der Waals surface area contributed by atoms with Gasteiger partial charge in [-0.3, -0.25) is 14.5 Å². The largest absolute Gasteiger partial charge is 0.375 e. The van der Waals surface area contributed by atoms with Gasteiger partial charge in [0.25, 0.3) is 0 Å². The standard InChI is InChI=1S/C19H29N3O3/c1-4-20(14-17-8-6-5-7-9-17)19(24)16(2)21-10-12-22(13-11-21)18(23)15-25-3/h5-9,16H,4,10-15H2,1-3H3. The van der Waals surface area contributed by atoms with Gasteiger partial charge in [-0.15, -0.1) is 0 Å². The summed E-state index contributed by atoms with van der Waals surface area (Å²) in [5, 5.41) is 0. The minimum atomic E-state index is -0.177. The van der Waals surface area contributed by atoms with Gasteiger partial charge < -0.3 is 14.5 Å². The van der Waals surface area contributed by atoms with E-state index in [0.717, 1.165) is 5.56 Å². The lowest BCUT2D eigenvalue weighted by Crippen LogP contribution is -2.55. The molecule has 2 amide bonds. The fourth-order valence-electron chi connectivity index (χ4n) is 3.14. The lowest BCUT2D eigenvalue weighted by atomic mass is 10.1. The van der Waals surface area contributed by atoms with Crippen molar-refractivity contribution in [1.29, 1.82) is 0 Å². The van der Waals surface area contributed by atoms with Gasteiger partial charge in [-0.2, -0.15) is 0 Å². The summed E-state index contributed by atoms with van der Waals surface area (Å²) in [7, 11) is 1.53. The number of hydrogen-bond acceptors (Lipinski definition) is 4.